The first-order chi connectivity index (χ1) is 9.58. The molecule has 0 saturated heterocycles. The molecule has 0 atom stereocenters. The molecule has 0 spiro atoms. The van der Waals surface area contributed by atoms with Crippen molar-refractivity contribution >= 4 is 33.5 Å². The number of carbonyl (C=O) groups is 2. The Kier molecular flexibility index (Phi) is 4.70. The maximum atomic E-state index is 11.1. The van der Waals surface area contributed by atoms with Crippen molar-refractivity contribution < 1.29 is 19.8 Å². The lowest BCUT2D eigenvalue weighted by Crippen LogP contribution is -1.97. The number of aromatic carboxylic acids is 2. The molecule has 2 aromatic rings. The van der Waals surface area contributed by atoms with E-state index in [1.165, 1.54) is 27.7 Å². The first kappa shape index (κ1) is 14.5. The molecule has 2 N–H and O–H groups in total. The van der Waals surface area contributed by atoms with Gasteiger partial charge in [-0.2, -0.15) is 0 Å². The topological polar surface area (TPSA) is 74.6 Å². The molecule has 0 unspecified atom stereocenters. The summed E-state index contributed by atoms with van der Waals surface area (Å²) >= 11 is 0. The van der Waals surface area contributed by atoms with Gasteiger partial charge in [0.15, 0.2) is 0 Å². The molecule has 0 aliphatic heterocycles. The Morgan fingerprint density at radius 1 is 0.850 bits per heavy atom. The summed E-state index contributed by atoms with van der Waals surface area (Å²) in [6, 6.07) is 13.2. The fraction of sp³-hybridized carbons (Fsp3) is 0. The molecule has 6 heteroatoms. The molecule has 0 fully saturated rings. The lowest BCUT2D eigenvalue weighted by molar-refractivity contribution is 0.0684. The average Bonchev–Trinajstić information content (AvgIpc) is 2.45. The van der Waals surface area contributed by atoms with Crippen LogP contribution in [0.2, 0.25) is 0 Å². The largest absolute Gasteiger partial charge is 0.478 e. The van der Waals surface area contributed by atoms with E-state index >= 15 is 0 Å². The Bertz CT molecular complexity index is 655. The minimum absolute atomic E-state index is 0.210. The summed E-state index contributed by atoms with van der Waals surface area (Å²) in [5.74, 6) is -1.96. The Balaban J connectivity index is 2.15. The number of hydrogen-bond donors (Lipinski definition) is 2. The van der Waals surface area contributed by atoms with E-state index < -0.39 is 11.9 Å². The molecule has 2 rings (SSSR count). The van der Waals surface area contributed by atoms with Crippen molar-refractivity contribution in [3.05, 3.63) is 59.7 Å². The zero-order chi connectivity index (χ0) is 14.5. The quantitative estimate of drug-likeness (QED) is 0.816. The van der Waals surface area contributed by atoms with Gasteiger partial charge >= 0.3 is 11.9 Å². The number of rotatable bonds is 5. The van der Waals surface area contributed by atoms with Crippen LogP contribution < -0.4 is 0 Å². The zero-order valence-corrected chi connectivity index (χ0v) is 11.8. The number of carboxylic acid groups (broad SMARTS) is 2. The van der Waals surface area contributed by atoms with Gasteiger partial charge in [-0.3, -0.25) is 0 Å². The van der Waals surface area contributed by atoms with E-state index in [1.807, 2.05) is 0 Å². The number of hydrogen-bond acceptors (Lipinski definition) is 4. The molecule has 0 radical (unpaired) electrons. The summed E-state index contributed by atoms with van der Waals surface area (Å²) < 4.78 is 0. The van der Waals surface area contributed by atoms with Gasteiger partial charge in [0.25, 0.3) is 0 Å². The molecule has 0 saturated carbocycles. The van der Waals surface area contributed by atoms with Crippen LogP contribution in [0.4, 0.5) is 0 Å². The van der Waals surface area contributed by atoms with Gasteiger partial charge in [0.05, 0.1) is 11.1 Å². The van der Waals surface area contributed by atoms with Crippen LogP contribution in [0.15, 0.2) is 58.3 Å². The second-order valence-corrected chi connectivity index (χ2v) is 6.05. The van der Waals surface area contributed by atoms with E-state index in [2.05, 4.69) is 0 Å². The summed E-state index contributed by atoms with van der Waals surface area (Å²) in [5, 5.41) is 18.0. The van der Waals surface area contributed by atoms with Crippen molar-refractivity contribution in [1.82, 2.24) is 0 Å². The molecule has 4 nitrogen and oxygen atoms in total. The summed E-state index contributed by atoms with van der Waals surface area (Å²) in [4.78, 5) is 23.3. The smallest absolute Gasteiger partial charge is 0.336 e. The van der Waals surface area contributed by atoms with Gasteiger partial charge in [0, 0.05) is 9.79 Å². The van der Waals surface area contributed by atoms with Gasteiger partial charge in [-0.05, 0) is 30.3 Å². The van der Waals surface area contributed by atoms with Crippen molar-refractivity contribution in [1.29, 1.82) is 0 Å². The summed E-state index contributed by atoms with van der Waals surface area (Å²) in [6.07, 6.45) is 0. The minimum Gasteiger partial charge on any atom is -0.478 e. The third-order valence-electron chi connectivity index (χ3n) is 2.43. The van der Waals surface area contributed by atoms with Crippen LogP contribution in [-0.2, 0) is 0 Å². The predicted molar refractivity (Wildman–Crippen MR) is 78.5 cm³/mol. The van der Waals surface area contributed by atoms with Gasteiger partial charge in [0.1, 0.15) is 0 Å². The van der Waals surface area contributed by atoms with Crippen LogP contribution >= 0.6 is 21.6 Å². The van der Waals surface area contributed by atoms with E-state index in [0.717, 1.165) is 4.90 Å². The molecule has 0 aliphatic carbocycles. The van der Waals surface area contributed by atoms with E-state index in [4.69, 9.17) is 10.2 Å². The molecular formula is C14H10O4S2. The zero-order valence-electron chi connectivity index (χ0n) is 10.1. The van der Waals surface area contributed by atoms with Gasteiger partial charge in [-0.1, -0.05) is 39.8 Å². The Labute approximate surface area is 123 Å². The molecule has 2 aromatic carbocycles. The van der Waals surface area contributed by atoms with Crippen LogP contribution in [0.1, 0.15) is 20.7 Å². The lowest BCUT2D eigenvalue weighted by atomic mass is 10.2. The molecule has 0 heterocycles. The SMILES string of the molecule is O=C(O)c1cccc(SSc2ccccc2C(=O)O)c1. The van der Waals surface area contributed by atoms with Gasteiger partial charge in [-0.15, -0.1) is 0 Å². The standard InChI is InChI=1S/C14H10O4S2/c15-13(16)9-4-3-5-10(8-9)19-20-12-7-2-1-6-11(12)14(17)18/h1-8H,(H,15,16)(H,17,18). The normalized spacial score (nSPS) is 10.2. The van der Waals surface area contributed by atoms with E-state index in [9.17, 15) is 9.59 Å². The van der Waals surface area contributed by atoms with Crippen LogP contribution in [0.3, 0.4) is 0 Å². The molecule has 0 aromatic heterocycles. The molecular weight excluding hydrogens is 296 g/mol. The van der Waals surface area contributed by atoms with Crippen molar-refractivity contribution in [2.75, 3.05) is 0 Å². The van der Waals surface area contributed by atoms with Gasteiger partial charge in [-0.25, -0.2) is 9.59 Å². The minimum atomic E-state index is -0.983. The highest BCUT2D eigenvalue weighted by Gasteiger charge is 2.10. The average molecular weight is 306 g/mol. The van der Waals surface area contributed by atoms with Crippen molar-refractivity contribution in [2.24, 2.45) is 0 Å². The predicted octanol–water partition coefficient (Wildman–Crippen LogP) is 3.88. The second-order valence-electron chi connectivity index (χ2n) is 3.80. The highest BCUT2D eigenvalue weighted by molar-refractivity contribution is 8.76. The highest BCUT2D eigenvalue weighted by atomic mass is 33.1. The Morgan fingerprint density at radius 2 is 1.60 bits per heavy atom. The van der Waals surface area contributed by atoms with Crippen LogP contribution in [0, 0.1) is 0 Å². The van der Waals surface area contributed by atoms with E-state index in [1.54, 1.807) is 42.5 Å². The van der Waals surface area contributed by atoms with Crippen molar-refractivity contribution in [3.63, 3.8) is 0 Å². The fourth-order valence-electron chi connectivity index (χ4n) is 1.49. The van der Waals surface area contributed by atoms with Crippen molar-refractivity contribution in [3.8, 4) is 0 Å². The van der Waals surface area contributed by atoms with E-state index in [-0.39, 0.29) is 11.1 Å². The van der Waals surface area contributed by atoms with Crippen molar-refractivity contribution in [2.45, 2.75) is 9.79 Å². The molecule has 102 valence electrons. The Morgan fingerprint density at radius 3 is 2.30 bits per heavy atom. The van der Waals surface area contributed by atoms with Crippen LogP contribution in [-0.4, -0.2) is 22.2 Å². The molecule has 0 amide bonds. The van der Waals surface area contributed by atoms with Crippen LogP contribution in [0.25, 0.3) is 0 Å². The van der Waals surface area contributed by atoms with E-state index in [0.29, 0.717) is 4.90 Å². The molecule has 20 heavy (non-hydrogen) atoms. The summed E-state index contributed by atoms with van der Waals surface area (Å²) in [7, 11) is 2.62. The number of carboxylic acids is 2. The second kappa shape index (κ2) is 6.49. The maximum absolute atomic E-state index is 11.1. The third kappa shape index (κ3) is 3.55. The first-order valence-electron chi connectivity index (χ1n) is 5.58. The first-order valence-corrected chi connectivity index (χ1v) is 7.73. The maximum Gasteiger partial charge on any atom is 0.336 e. The molecule has 0 bridgehead atoms. The Hall–Kier alpha value is -1.92. The highest BCUT2D eigenvalue weighted by Crippen LogP contribution is 2.39. The molecule has 0 aliphatic rings. The monoisotopic (exact) mass is 306 g/mol. The fourth-order valence-corrected chi connectivity index (χ4v) is 3.67. The third-order valence-corrected chi connectivity index (χ3v) is 4.86. The van der Waals surface area contributed by atoms with Gasteiger partial charge in [0.2, 0.25) is 0 Å². The van der Waals surface area contributed by atoms with Gasteiger partial charge < -0.3 is 10.2 Å². The van der Waals surface area contributed by atoms with Crippen LogP contribution in [0.5, 0.6) is 0 Å². The summed E-state index contributed by atoms with van der Waals surface area (Å²) in [6.45, 7) is 0. The summed E-state index contributed by atoms with van der Waals surface area (Å²) in [5.41, 5.74) is 0.446. The lowest BCUT2D eigenvalue weighted by Gasteiger charge is -2.05. The number of benzene rings is 2.